The number of ether oxygens (including phenoxy) is 1. The number of piperidine rings is 1. The highest BCUT2D eigenvalue weighted by molar-refractivity contribution is 5.35. The predicted molar refractivity (Wildman–Crippen MR) is 118 cm³/mol. The van der Waals surface area contributed by atoms with Gasteiger partial charge in [0, 0.05) is 19.7 Å². The van der Waals surface area contributed by atoms with Crippen molar-refractivity contribution in [2.24, 2.45) is 5.41 Å². The van der Waals surface area contributed by atoms with Crippen molar-refractivity contribution >= 4 is 0 Å². The molecule has 156 valence electrons. The molecule has 2 fully saturated rings. The molecule has 0 unspecified atom stereocenters. The van der Waals surface area contributed by atoms with Gasteiger partial charge in [-0.25, -0.2) is 0 Å². The van der Waals surface area contributed by atoms with Crippen molar-refractivity contribution in [1.29, 1.82) is 0 Å². The first-order valence-corrected chi connectivity index (χ1v) is 11.1. The largest absolute Gasteiger partial charge is 0.380 e. The first kappa shape index (κ1) is 20.6. The fraction of sp³-hybridized carbons (Fsp3) is 0.538. The van der Waals surface area contributed by atoms with Crippen LogP contribution in [-0.4, -0.2) is 41.8 Å². The Balaban J connectivity index is 1.51. The van der Waals surface area contributed by atoms with Gasteiger partial charge in [0.2, 0.25) is 0 Å². The average molecular weight is 394 g/mol. The molecule has 2 saturated heterocycles. The molecule has 0 saturated carbocycles. The Bertz CT molecular complexity index is 745. The van der Waals surface area contributed by atoms with Crippen LogP contribution in [0.25, 0.3) is 0 Å². The maximum absolute atomic E-state index is 11.8. The first-order valence-electron chi connectivity index (χ1n) is 11.1. The highest BCUT2D eigenvalue weighted by Crippen LogP contribution is 2.45. The Hall–Kier alpha value is -1.68. The van der Waals surface area contributed by atoms with Gasteiger partial charge in [0.15, 0.2) is 0 Å². The second kappa shape index (κ2) is 8.22. The molecule has 1 N–H and O–H groups in total. The van der Waals surface area contributed by atoms with Crippen LogP contribution in [0.3, 0.4) is 0 Å². The van der Waals surface area contributed by atoms with Gasteiger partial charge in [0.1, 0.15) is 5.60 Å². The molecule has 0 amide bonds. The highest BCUT2D eigenvalue weighted by atomic mass is 16.5. The first-order chi connectivity index (χ1) is 13.9. The average Bonchev–Trinajstić information content (AvgIpc) is 2.72. The van der Waals surface area contributed by atoms with Crippen molar-refractivity contribution in [3.05, 3.63) is 71.8 Å². The van der Waals surface area contributed by atoms with E-state index in [9.17, 15) is 5.11 Å². The van der Waals surface area contributed by atoms with E-state index in [0.29, 0.717) is 11.8 Å². The number of hydrogen-bond donors (Lipinski definition) is 1. The molecule has 2 heterocycles. The maximum atomic E-state index is 11.8. The summed E-state index contributed by atoms with van der Waals surface area (Å²) in [5.74, 6) is 0. The number of nitrogens with zero attached hydrogens (tertiary/aromatic N) is 1. The summed E-state index contributed by atoms with van der Waals surface area (Å²) in [5.41, 5.74) is 1.35. The molecule has 3 nitrogen and oxygen atoms in total. The van der Waals surface area contributed by atoms with Gasteiger partial charge in [0.05, 0.1) is 5.60 Å². The highest BCUT2D eigenvalue weighted by Gasteiger charge is 2.43. The third kappa shape index (κ3) is 4.58. The second-order valence-electron chi connectivity index (χ2n) is 9.76. The summed E-state index contributed by atoms with van der Waals surface area (Å²) in [7, 11) is 0. The fourth-order valence-electron chi connectivity index (χ4n) is 5.64. The SMILES string of the molecule is CC1(C)C[C@@]2(CCCN(CCC(O)(c3ccccc3)c3ccccc3)C2)CCO1. The van der Waals surface area contributed by atoms with E-state index in [1.54, 1.807) is 0 Å². The van der Waals surface area contributed by atoms with Gasteiger partial charge >= 0.3 is 0 Å². The molecular formula is C26H35NO2. The molecule has 2 aliphatic rings. The van der Waals surface area contributed by atoms with E-state index in [0.717, 1.165) is 50.2 Å². The van der Waals surface area contributed by atoms with Crippen LogP contribution in [-0.2, 0) is 10.3 Å². The molecule has 2 aromatic rings. The van der Waals surface area contributed by atoms with Crippen LogP contribution in [0.2, 0.25) is 0 Å². The maximum Gasteiger partial charge on any atom is 0.116 e. The number of rotatable bonds is 5. The molecule has 0 bridgehead atoms. The lowest BCUT2D eigenvalue weighted by molar-refractivity contribution is -0.123. The molecular weight excluding hydrogens is 358 g/mol. The van der Waals surface area contributed by atoms with Crippen LogP contribution in [0.15, 0.2) is 60.7 Å². The van der Waals surface area contributed by atoms with Crippen LogP contribution in [0.4, 0.5) is 0 Å². The summed E-state index contributed by atoms with van der Waals surface area (Å²) in [4.78, 5) is 2.59. The molecule has 2 aliphatic heterocycles. The van der Waals surface area contributed by atoms with Gasteiger partial charge in [-0.1, -0.05) is 60.7 Å². The zero-order valence-corrected chi connectivity index (χ0v) is 17.9. The number of likely N-dealkylation sites (tertiary alicyclic amines) is 1. The van der Waals surface area contributed by atoms with Crippen LogP contribution in [0, 0.1) is 5.41 Å². The molecule has 2 aromatic carbocycles. The second-order valence-corrected chi connectivity index (χ2v) is 9.76. The van der Waals surface area contributed by atoms with Gasteiger partial charge in [-0.15, -0.1) is 0 Å². The molecule has 1 spiro atoms. The quantitative estimate of drug-likeness (QED) is 0.777. The van der Waals surface area contributed by atoms with Crippen molar-refractivity contribution < 1.29 is 9.84 Å². The van der Waals surface area contributed by atoms with Gasteiger partial charge in [-0.2, -0.15) is 0 Å². The van der Waals surface area contributed by atoms with E-state index in [-0.39, 0.29) is 5.60 Å². The van der Waals surface area contributed by atoms with Gasteiger partial charge in [0.25, 0.3) is 0 Å². The van der Waals surface area contributed by atoms with Crippen molar-refractivity contribution in [3.63, 3.8) is 0 Å². The van der Waals surface area contributed by atoms with E-state index in [2.05, 4.69) is 18.7 Å². The van der Waals surface area contributed by atoms with E-state index in [1.165, 1.54) is 12.8 Å². The molecule has 0 aliphatic carbocycles. The number of benzene rings is 2. The number of hydrogen-bond acceptors (Lipinski definition) is 3. The zero-order chi connectivity index (χ0) is 20.4. The Morgan fingerprint density at radius 2 is 1.59 bits per heavy atom. The van der Waals surface area contributed by atoms with Crippen molar-refractivity contribution in [1.82, 2.24) is 4.90 Å². The lowest BCUT2D eigenvalue weighted by Gasteiger charge is -2.50. The standard InChI is InChI=1S/C26H35NO2/c1-24(2)20-25(16-19-29-24)14-9-17-27(21-25)18-15-26(28,22-10-5-3-6-11-22)23-12-7-4-8-13-23/h3-8,10-13,28H,9,14-21H2,1-2H3/t25-/m1/s1. The minimum Gasteiger partial charge on any atom is -0.380 e. The molecule has 1 atom stereocenters. The van der Waals surface area contributed by atoms with E-state index < -0.39 is 5.60 Å². The summed E-state index contributed by atoms with van der Waals surface area (Å²) in [6, 6.07) is 20.3. The van der Waals surface area contributed by atoms with Crippen LogP contribution in [0.1, 0.15) is 57.1 Å². The summed E-state index contributed by atoms with van der Waals surface area (Å²) in [6.07, 6.45) is 5.55. The Kier molecular flexibility index (Phi) is 5.83. The minimum atomic E-state index is -0.956. The molecule has 4 rings (SSSR count). The summed E-state index contributed by atoms with van der Waals surface area (Å²) in [5, 5.41) is 11.8. The third-order valence-corrected chi connectivity index (χ3v) is 6.96. The van der Waals surface area contributed by atoms with Crippen LogP contribution < -0.4 is 0 Å². The summed E-state index contributed by atoms with van der Waals surface area (Å²) in [6.45, 7) is 8.50. The lowest BCUT2D eigenvalue weighted by atomic mass is 9.69. The molecule has 3 heteroatoms. The minimum absolute atomic E-state index is 0.0178. The third-order valence-electron chi connectivity index (χ3n) is 6.96. The van der Waals surface area contributed by atoms with Crippen molar-refractivity contribution in [3.8, 4) is 0 Å². The monoisotopic (exact) mass is 393 g/mol. The van der Waals surface area contributed by atoms with E-state index in [1.807, 2.05) is 60.7 Å². The van der Waals surface area contributed by atoms with Gasteiger partial charge < -0.3 is 14.7 Å². The topological polar surface area (TPSA) is 32.7 Å². The van der Waals surface area contributed by atoms with E-state index >= 15 is 0 Å². The summed E-state index contributed by atoms with van der Waals surface area (Å²) < 4.78 is 6.00. The Morgan fingerprint density at radius 3 is 2.17 bits per heavy atom. The fourth-order valence-corrected chi connectivity index (χ4v) is 5.64. The van der Waals surface area contributed by atoms with Gasteiger partial charge in [-0.3, -0.25) is 0 Å². The lowest BCUT2D eigenvalue weighted by Crippen LogP contribution is -2.51. The Labute approximate surface area is 175 Å². The van der Waals surface area contributed by atoms with Crippen LogP contribution in [0.5, 0.6) is 0 Å². The molecule has 29 heavy (non-hydrogen) atoms. The van der Waals surface area contributed by atoms with Gasteiger partial charge in [-0.05, 0) is 69.0 Å². The summed E-state index contributed by atoms with van der Waals surface area (Å²) >= 11 is 0. The van der Waals surface area contributed by atoms with Crippen molar-refractivity contribution in [2.45, 2.75) is 57.2 Å². The molecule has 0 aromatic heterocycles. The van der Waals surface area contributed by atoms with Crippen LogP contribution >= 0.6 is 0 Å². The molecule has 0 radical (unpaired) electrons. The van der Waals surface area contributed by atoms with E-state index in [4.69, 9.17) is 4.74 Å². The zero-order valence-electron chi connectivity index (χ0n) is 17.9. The predicted octanol–water partition coefficient (Wildman–Crippen LogP) is 4.98. The normalized spacial score (nSPS) is 25.2. The Morgan fingerprint density at radius 1 is 0.966 bits per heavy atom. The van der Waals surface area contributed by atoms with Crippen molar-refractivity contribution in [2.75, 3.05) is 26.2 Å². The smallest absolute Gasteiger partial charge is 0.116 e. The number of aliphatic hydroxyl groups is 1.